The van der Waals surface area contributed by atoms with Crippen LogP contribution in [0.15, 0.2) is 48.6 Å². The lowest BCUT2D eigenvalue weighted by Crippen LogP contribution is -2.30. The maximum absolute atomic E-state index is 12.9. The van der Waals surface area contributed by atoms with Gasteiger partial charge in [0.1, 0.15) is 13.2 Å². The van der Waals surface area contributed by atoms with E-state index in [4.69, 9.17) is 14.2 Å². The minimum atomic E-state index is -0.782. The van der Waals surface area contributed by atoms with Gasteiger partial charge in [0.05, 0.1) is 0 Å². The van der Waals surface area contributed by atoms with E-state index in [1.807, 2.05) is 0 Å². The van der Waals surface area contributed by atoms with Gasteiger partial charge in [0.2, 0.25) is 0 Å². The molecule has 0 aliphatic heterocycles. The van der Waals surface area contributed by atoms with Crippen molar-refractivity contribution in [1.29, 1.82) is 0 Å². The Morgan fingerprint density at radius 2 is 0.582 bits per heavy atom. The van der Waals surface area contributed by atoms with E-state index >= 15 is 0 Å². The first-order valence-corrected chi connectivity index (χ1v) is 29.1. The van der Waals surface area contributed by atoms with Crippen LogP contribution in [0.4, 0.5) is 0 Å². The van der Waals surface area contributed by atoms with Crippen LogP contribution in [0.3, 0.4) is 0 Å². The van der Waals surface area contributed by atoms with Crippen molar-refractivity contribution in [3.8, 4) is 0 Å². The topological polar surface area (TPSA) is 78.9 Å². The molecule has 6 heteroatoms. The van der Waals surface area contributed by atoms with E-state index in [9.17, 15) is 14.4 Å². The van der Waals surface area contributed by atoms with Gasteiger partial charge >= 0.3 is 17.9 Å². The van der Waals surface area contributed by atoms with Crippen LogP contribution < -0.4 is 0 Å². The third kappa shape index (κ3) is 54.2. The molecule has 0 heterocycles. The summed E-state index contributed by atoms with van der Waals surface area (Å²) >= 11 is 0. The summed E-state index contributed by atoms with van der Waals surface area (Å²) in [7, 11) is 0. The molecule has 0 aromatic heterocycles. The summed E-state index contributed by atoms with van der Waals surface area (Å²) in [5.74, 6) is -0.891. The Bertz CT molecular complexity index is 1170. The Labute approximate surface area is 416 Å². The van der Waals surface area contributed by atoms with Gasteiger partial charge in [0, 0.05) is 19.3 Å². The molecule has 0 amide bonds. The number of ether oxygens (including phenoxy) is 3. The Balaban J connectivity index is 4.36. The molecular weight excluding hydrogens is 829 g/mol. The quantitative estimate of drug-likeness (QED) is 0.0262. The van der Waals surface area contributed by atoms with Crippen LogP contribution in [0.1, 0.15) is 303 Å². The summed E-state index contributed by atoms with van der Waals surface area (Å²) in [4.78, 5) is 38.1. The molecule has 390 valence electrons. The summed E-state index contributed by atoms with van der Waals surface area (Å²) in [5, 5.41) is 0. The van der Waals surface area contributed by atoms with E-state index in [0.29, 0.717) is 19.3 Å². The van der Waals surface area contributed by atoms with Crippen molar-refractivity contribution < 1.29 is 28.6 Å². The summed E-state index contributed by atoms with van der Waals surface area (Å²) in [6, 6.07) is 0. The van der Waals surface area contributed by atoms with Crippen molar-refractivity contribution in [2.24, 2.45) is 0 Å². The fraction of sp³-hybridized carbons (Fsp3) is 0.820. The molecule has 6 nitrogen and oxygen atoms in total. The standard InChI is InChI=1S/C61H110O6/c1-4-7-10-13-16-19-22-25-28-30-31-32-34-36-39-42-45-48-51-54-60(63)66-57-58(56-65-59(62)53-50-47-44-41-38-35-27-24-21-18-15-12-9-6-3)67-61(64)55-52-49-46-43-40-37-33-29-26-23-20-17-14-11-8-5-2/h9,12,18,21,27,30-31,35,58H,4-8,10-11,13-17,19-20,22-26,28-29,32-34,36-57H2,1-3H3/b12-9-,21-18-,31-30-,35-27-. The van der Waals surface area contributed by atoms with Gasteiger partial charge in [-0.25, -0.2) is 0 Å². The van der Waals surface area contributed by atoms with Gasteiger partial charge in [0.25, 0.3) is 0 Å². The Morgan fingerprint density at radius 3 is 0.925 bits per heavy atom. The molecule has 0 aromatic rings. The van der Waals surface area contributed by atoms with E-state index in [-0.39, 0.29) is 31.1 Å². The first kappa shape index (κ1) is 64.4. The number of hydrogen-bond acceptors (Lipinski definition) is 6. The highest BCUT2D eigenvalue weighted by Gasteiger charge is 2.19. The van der Waals surface area contributed by atoms with Crippen LogP contribution >= 0.6 is 0 Å². The predicted octanol–water partition coefficient (Wildman–Crippen LogP) is 19.4. The Hall–Kier alpha value is -2.63. The molecule has 0 bridgehead atoms. The lowest BCUT2D eigenvalue weighted by atomic mass is 10.0. The van der Waals surface area contributed by atoms with Crippen LogP contribution in [0.5, 0.6) is 0 Å². The maximum atomic E-state index is 12.9. The van der Waals surface area contributed by atoms with Crippen molar-refractivity contribution >= 4 is 17.9 Å². The molecular formula is C61H110O6. The predicted molar refractivity (Wildman–Crippen MR) is 289 cm³/mol. The largest absolute Gasteiger partial charge is 0.462 e. The zero-order chi connectivity index (χ0) is 48.6. The number of hydrogen-bond donors (Lipinski definition) is 0. The molecule has 0 aliphatic carbocycles. The fourth-order valence-electron chi connectivity index (χ4n) is 8.45. The zero-order valence-corrected chi connectivity index (χ0v) is 44.7. The number of allylic oxidation sites excluding steroid dienone is 8. The van der Waals surface area contributed by atoms with Gasteiger partial charge in [-0.2, -0.15) is 0 Å². The average molecular weight is 940 g/mol. The Kier molecular flexibility index (Phi) is 53.8. The molecule has 0 radical (unpaired) electrons. The van der Waals surface area contributed by atoms with Crippen LogP contribution in [-0.2, 0) is 28.6 Å². The summed E-state index contributed by atoms with van der Waals surface area (Å²) < 4.78 is 16.9. The third-order valence-electron chi connectivity index (χ3n) is 12.8. The molecule has 0 saturated carbocycles. The zero-order valence-electron chi connectivity index (χ0n) is 44.7. The van der Waals surface area contributed by atoms with Crippen molar-refractivity contribution in [2.45, 2.75) is 309 Å². The van der Waals surface area contributed by atoms with Gasteiger partial charge in [0.15, 0.2) is 6.10 Å². The number of carbonyl (C=O) groups is 3. The minimum absolute atomic E-state index is 0.0798. The fourth-order valence-corrected chi connectivity index (χ4v) is 8.45. The van der Waals surface area contributed by atoms with Crippen molar-refractivity contribution in [3.63, 3.8) is 0 Å². The average Bonchev–Trinajstić information content (AvgIpc) is 3.33. The highest BCUT2D eigenvalue weighted by Crippen LogP contribution is 2.16. The normalized spacial score (nSPS) is 12.3. The van der Waals surface area contributed by atoms with E-state index in [2.05, 4.69) is 69.4 Å². The van der Waals surface area contributed by atoms with Crippen LogP contribution in [-0.4, -0.2) is 37.2 Å². The summed E-state index contributed by atoms with van der Waals surface area (Å²) in [5.41, 5.74) is 0. The first-order valence-electron chi connectivity index (χ1n) is 29.1. The number of unbranched alkanes of at least 4 members (excludes halogenated alkanes) is 34. The highest BCUT2D eigenvalue weighted by atomic mass is 16.6. The van der Waals surface area contributed by atoms with Crippen LogP contribution in [0.25, 0.3) is 0 Å². The van der Waals surface area contributed by atoms with E-state index in [0.717, 1.165) is 89.9 Å². The molecule has 0 aliphatic rings. The second-order valence-electron chi connectivity index (χ2n) is 19.5. The molecule has 1 unspecified atom stereocenters. The second-order valence-corrected chi connectivity index (χ2v) is 19.5. The van der Waals surface area contributed by atoms with Gasteiger partial charge < -0.3 is 14.2 Å². The Morgan fingerprint density at radius 1 is 0.313 bits per heavy atom. The van der Waals surface area contributed by atoms with E-state index in [1.165, 1.54) is 173 Å². The molecule has 0 N–H and O–H groups in total. The number of rotatable bonds is 53. The van der Waals surface area contributed by atoms with Crippen LogP contribution in [0, 0.1) is 0 Å². The molecule has 0 aromatic carbocycles. The molecule has 0 saturated heterocycles. The minimum Gasteiger partial charge on any atom is -0.462 e. The van der Waals surface area contributed by atoms with Crippen LogP contribution in [0.2, 0.25) is 0 Å². The number of carbonyl (C=O) groups excluding carboxylic acids is 3. The van der Waals surface area contributed by atoms with Crippen molar-refractivity contribution in [3.05, 3.63) is 48.6 Å². The van der Waals surface area contributed by atoms with Gasteiger partial charge in [-0.3, -0.25) is 14.4 Å². The second kappa shape index (κ2) is 56.0. The molecule has 0 rings (SSSR count). The molecule has 0 spiro atoms. The maximum Gasteiger partial charge on any atom is 0.306 e. The van der Waals surface area contributed by atoms with Gasteiger partial charge in [-0.15, -0.1) is 0 Å². The molecule has 0 fully saturated rings. The smallest absolute Gasteiger partial charge is 0.306 e. The number of esters is 3. The van der Waals surface area contributed by atoms with Gasteiger partial charge in [-0.1, -0.05) is 256 Å². The lowest BCUT2D eigenvalue weighted by molar-refractivity contribution is -0.167. The van der Waals surface area contributed by atoms with Gasteiger partial charge in [-0.05, 0) is 77.0 Å². The SMILES string of the molecule is CC/C=C\C/C=C\C/C=C\CCCCCCC(=O)OCC(COC(=O)CCCCCCCCC/C=C\CCCCCCCCCC)OC(=O)CCCCCCCCCCCCCCCCCC. The third-order valence-corrected chi connectivity index (χ3v) is 12.8. The first-order chi connectivity index (χ1) is 33.0. The lowest BCUT2D eigenvalue weighted by Gasteiger charge is -2.18. The van der Waals surface area contributed by atoms with Crippen molar-refractivity contribution in [1.82, 2.24) is 0 Å². The van der Waals surface area contributed by atoms with E-state index < -0.39 is 6.10 Å². The van der Waals surface area contributed by atoms with E-state index in [1.54, 1.807) is 0 Å². The molecule has 1 atom stereocenters. The van der Waals surface area contributed by atoms with Crippen molar-refractivity contribution in [2.75, 3.05) is 13.2 Å². The highest BCUT2D eigenvalue weighted by molar-refractivity contribution is 5.71. The monoisotopic (exact) mass is 939 g/mol. The summed E-state index contributed by atoms with van der Waals surface area (Å²) in [6.45, 7) is 6.54. The summed E-state index contributed by atoms with van der Waals surface area (Å²) in [6.07, 6.45) is 68.2. The molecule has 67 heavy (non-hydrogen) atoms.